The summed E-state index contributed by atoms with van der Waals surface area (Å²) in [6, 6.07) is 23.2. The number of nitrogens with zero attached hydrogens (tertiary/aromatic N) is 1. The van der Waals surface area contributed by atoms with E-state index in [1.54, 1.807) is 11.6 Å². The van der Waals surface area contributed by atoms with Crippen LogP contribution in [0, 0.1) is 0 Å². The number of carbonyl (C=O) groups excluding carboxylic acids is 1. The summed E-state index contributed by atoms with van der Waals surface area (Å²) in [5, 5.41) is 0. The van der Waals surface area contributed by atoms with Crippen LogP contribution in [0.15, 0.2) is 78.3 Å². The van der Waals surface area contributed by atoms with E-state index < -0.39 is 0 Å². The Labute approximate surface area is 149 Å². The highest BCUT2D eigenvalue weighted by Crippen LogP contribution is 2.24. The number of carbonyl (C=O) groups is 1. The van der Waals surface area contributed by atoms with E-state index in [-0.39, 0.29) is 5.97 Å². The summed E-state index contributed by atoms with van der Waals surface area (Å²) in [6.07, 6.45) is 0.720. The minimum atomic E-state index is -0.351. The van der Waals surface area contributed by atoms with Crippen LogP contribution in [0.2, 0.25) is 0 Å². The van der Waals surface area contributed by atoms with Gasteiger partial charge in [-0.05, 0) is 35.4 Å². The first-order chi connectivity index (χ1) is 12.3. The van der Waals surface area contributed by atoms with Gasteiger partial charge in [-0.2, -0.15) is 0 Å². The molecule has 0 saturated carbocycles. The number of fused-ring (bicyclic) bond motifs is 1. The van der Waals surface area contributed by atoms with Crippen molar-refractivity contribution in [1.29, 1.82) is 0 Å². The summed E-state index contributed by atoms with van der Waals surface area (Å²) in [4.78, 5) is 16.8. The van der Waals surface area contributed by atoms with E-state index in [0.717, 1.165) is 22.2 Å². The Morgan fingerprint density at radius 3 is 2.64 bits per heavy atom. The number of aromatic nitrogens is 1. The molecule has 0 N–H and O–H groups in total. The van der Waals surface area contributed by atoms with Crippen molar-refractivity contribution in [2.75, 3.05) is 0 Å². The molecule has 0 unspecified atom stereocenters. The molecule has 0 aliphatic heterocycles. The first-order valence-electron chi connectivity index (χ1n) is 7.97. The van der Waals surface area contributed by atoms with Gasteiger partial charge in [-0.25, -0.2) is 9.78 Å². The Balaban J connectivity index is 1.58. The second kappa shape index (κ2) is 6.87. The highest BCUT2D eigenvalue weighted by atomic mass is 32.1. The fourth-order valence-corrected chi connectivity index (χ4v) is 3.42. The van der Waals surface area contributed by atoms with Crippen molar-refractivity contribution in [2.24, 2.45) is 0 Å². The van der Waals surface area contributed by atoms with E-state index in [9.17, 15) is 4.79 Å². The molecule has 0 spiro atoms. The van der Waals surface area contributed by atoms with E-state index in [2.05, 4.69) is 17.1 Å². The van der Waals surface area contributed by atoms with E-state index >= 15 is 0 Å². The zero-order valence-electron chi connectivity index (χ0n) is 13.4. The van der Waals surface area contributed by atoms with E-state index in [1.165, 1.54) is 16.9 Å². The Hall–Kier alpha value is -2.98. The predicted molar refractivity (Wildman–Crippen MR) is 100 cm³/mol. The fourth-order valence-electron chi connectivity index (χ4n) is 2.71. The summed E-state index contributed by atoms with van der Waals surface area (Å²) in [5.41, 5.74) is 5.37. The molecule has 1 heterocycles. The van der Waals surface area contributed by atoms with Gasteiger partial charge in [-0.3, -0.25) is 0 Å². The minimum Gasteiger partial charge on any atom is -0.423 e. The number of esters is 1. The normalized spacial score (nSPS) is 10.7. The summed E-state index contributed by atoms with van der Waals surface area (Å²) in [5.74, 6) is 0.247. The van der Waals surface area contributed by atoms with Crippen LogP contribution in [0.4, 0.5) is 0 Å². The molecule has 0 bridgehead atoms. The first kappa shape index (κ1) is 15.5. The largest absolute Gasteiger partial charge is 0.423 e. The van der Waals surface area contributed by atoms with Gasteiger partial charge in [0.1, 0.15) is 5.75 Å². The van der Waals surface area contributed by atoms with E-state index in [0.29, 0.717) is 11.3 Å². The first-order valence-corrected chi connectivity index (χ1v) is 8.85. The molecule has 0 saturated heterocycles. The molecule has 1 aromatic heterocycles. The zero-order valence-corrected chi connectivity index (χ0v) is 14.2. The lowest BCUT2D eigenvalue weighted by Crippen LogP contribution is -2.09. The number of thiazole rings is 1. The maximum absolute atomic E-state index is 12.5. The zero-order chi connectivity index (χ0) is 17.1. The smallest absolute Gasteiger partial charge is 0.343 e. The van der Waals surface area contributed by atoms with Gasteiger partial charge >= 0.3 is 5.97 Å². The number of benzene rings is 3. The Morgan fingerprint density at radius 1 is 0.960 bits per heavy atom. The maximum Gasteiger partial charge on any atom is 0.343 e. The molecule has 3 nitrogen and oxygen atoms in total. The van der Waals surface area contributed by atoms with Gasteiger partial charge in [0.2, 0.25) is 0 Å². The van der Waals surface area contributed by atoms with Crippen LogP contribution in [0.25, 0.3) is 10.2 Å². The van der Waals surface area contributed by atoms with Crippen LogP contribution >= 0.6 is 11.3 Å². The predicted octanol–water partition coefficient (Wildman–Crippen LogP) is 5.11. The van der Waals surface area contributed by atoms with Crippen LogP contribution < -0.4 is 4.74 Å². The quantitative estimate of drug-likeness (QED) is 0.381. The number of hydrogen-bond acceptors (Lipinski definition) is 4. The standard InChI is InChI=1S/C21H15NO2S/c23-21(17-10-11-18-20(13-17)25-14-22-18)24-19-9-5-4-8-16(19)12-15-6-2-1-3-7-15/h1-11,13-14H,12H2. The molecule has 0 aliphatic rings. The van der Waals surface area contributed by atoms with Crippen LogP contribution in [-0.4, -0.2) is 11.0 Å². The lowest BCUT2D eigenvalue weighted by Gasteiger charge is -2.10. The monoisotopic (exact) mass is 345 g/mol. The fraction of sp³-hybridized carbons (Fsp3) is 0.0476. The number of ether oxygens (including phenoxy) is 1. The van der Waals surface area contributed by atoms with Crippen LogP contribution in [0.3, 0.4) is 0 Å². The Bertz CT molecular complexity index is 1020. The average Bonchev–Trinajstić information content (AvgIpc) is 3.12. The third-order valence-corrected chi connectivity index (χ3v) is 4.77. The number of para-hydroxylation sites is 1. The topological polar surface area (TPSA) is 39.2 Å². The molecule has 25 heavy (non-hydrogen) atoms. The second-order valence-corrected chi connectivity index (χ2v) is 6.58. The van der Waals surface area contributed by atoms with Crippen molar-refractivity contribution >= 4 is 27.5 Å². The molecule has 0 atom stereocenters. The molecular formula is C21H15NO2S. The minimum absolute atomic E-state index is 0.351. The van der Waals surface area contributed by atoms with Gasteiger partial charge in [-0.15, -0.1) is 11.3 Å². The lowest BCUT2D eigenvalue weighted by atomic mass is 10.0. The summed E-state index contributed by atoms with van der Waals surface area (Å²) < 4.78 is 6.65. The molecular weight excluding hydrogens is 330 g/mol. The van der Waals surface area contributed by atoms with Crippen LogP contribution in [0.1, 0.15) is 21.5 Å². The van der Waals surface area contributed by atoms with Crippen molar-refractivity contribution in [3.8, 4) is 5.75 Å². The van der Waals surface area contributed by atoms with Crippen LogP contribution in [-0.2, 0) is 6.42 Å². The molecule has 0 amide bonds. The van der Waals surface area contributed by atoms with Gasteiger partial charge in [0.25, 0.3) is 0 Å². The molecule has 4 rings (SSSR count). The molecule has 3 aromatic carbocycles. The van der Waals surface area contributed by atoms with E-state index in [1.807, 2.05) is 54.6 Å². The molecule has 4 heteroatoms. The van der Waals surface area contributed by atoms with Crippen molar-refractivity contribution in [3.05, 3.63) is 95.0 Å². The van der Waals surface area contributed by atoms with Gasteiger partial charge < -0.3 is 4.74 Å². The molecule has 122 valence electrons. The summed E-state index contributed by atoms with van der Waals surface area (Å²) >= 11 is 1.51. The lowest BCUT2D eigenvalue weighted by molar-refractivity contribution is 0.0733. The molecule has 0 aliphatic carbocycles. The van der Waals surface area contributed by atoms with Crippen molar-refractivity contribution in [3.63, 3.8) is 0 Å². The molecule has 0 fully saturated rings. The van der Waals surface area contributed by atoms with Crippen molar-refractivity contribution < 1.29 is 9.53 Å². The third kappa shape index (κ3) is 3.44. The van der Waals surface area contributed by atoms with Crippen molar-refractivity contribution in [1.82, 2.24) is 4.98 Å². The van der Waals surface area contributed by atoms with Gasteiger partial charge in [-0.1, -0.05) is 48.5 Å². The molecule has 4 aromatic rings. The second-order valence-electron chi connectivity index (χ2n) is 5.69. The average molecular weight is 345 g/mol. The summed E-state index contributed by atoms with van der Waals surface area (Å²) in [7, 11) is 0. The molecule has 0 radical (unpaired) electrons. The highest BCUT2D eigenvalue weighted by Gasteiger charge is 2.13. The maximum atomic E-state index is 12.5. The highest BCUT2D eigenvalue weighted by molar-refractivity contribution is 7.16. The van der Waals surface area contributed by atoms with E-state index in [4.69, 9.17) is 4.74 Å². The number of rotatable bonds is 4. The number of hydrogen-bond donors (Lipinski definition) is 0. The third-order valence-electron chi connectivity index (χ3n) is 3.98. The Morgan fingerprint density at radius 2 is 1.76 bits per heavy atom. The van der Waals surface area contributed by atoms with Gasteiger partial charge in [0.05, 0.1) is 21.3 Å². The van der Waals surface area contributed by atoms with Gasteiger partial charge in [0.15, 0.2) is 0 Å². The van der Waals surface area contributed by atoms with Crippen LogP contribution in [0.5, 0.6) is 5.75 Å². The Kier molecular flexibility index (Phi) is 4.27. The van der Waals surface area contributed by atoms with Gasteiger partial charge in [0, 0.05) is 6.42 Å². The SMILES string of the molecule is O=C(Oc1ccccc1Cc1ccccc1)c1ccc2ncsc2c1. The summed E-state index contributed by atoms with van der Waals surface area (Å²) in [6.45, 7) is 0. The van der Waals surface area contributed by atoms with Crippen molar-refractivity contribution in [2.45, 2.75) is 6.42 Å².